The van der Waals surface area contributed by atoms with Crippen LogP contribution >= 0.6 is 47.8 Å². The smallest absolute Gasteiger partial charge is 0.0344 e. The highest BCUT2D eigenvalue weighted by Gasteiger charge is 2.01. The SMILES string of the molecule is Brc1[c]c(Br)c2ccc(Br)cc2c1. The van der Waals surface area contributed by atoms with Crippen LogP contribution in [0.2, 0.25) is 0 Å². The van der Waals surface area contributed by atoms with Gasteiger partial charge in [0.05, 0.1) is 0 Å². The van der Waals surface area contributed by atoms with Crippen LogP contribution in [0, 0.1) is 6.07 Å². The lowest BCUT2D eigenvalue weighted by molar-refractivity contribution is 1.63. The number of hydrogen-bond donors (Lipinski definition) is 0. The summed E-state index contributed by atoms with van der Waals surface area (Å²) in [4.78, 5) is 0. The summed E-state index contributed by atoms with van der Waals surface area (Å²) in [6.45, 7) is 0. The number of hydrogen-bond acceptors (Lipinski definition) is 0. The fourth-order valence-electron chi connectivity index (χ4n) is 1.20. The molecule has 0 bridgehead atoms. The first-order chi connectivity index (χ1) is 6.16. The highest BCUT2D eigenvalue weighted by atomic mass is 79.9. The zero-order valence-corrected chi connectivity index (χ0v) is 11.2. The number of halogens is 3. The third-order valence-corrected chi connectivity index (χ3v) is 3.31. The first-order valence-corrected chi connectivity index (χ1v) is 6.01. The van der Waals surface area contributed by atoms with Crippen molar-refractivity contribution in [1.82, 2.24) is 0 Å². The van der Waals surface area contributed by atoms with Crippen LogP contribution in [0.4, 0.5) is 0 Å². The normalized spacial score (nSPS) is 10.7. The van der Waals surface area contributed by atoms with Gasteiger partial charge in [-0.15, -0.1) is 0 Å². The summed E-state index contributed by atoms with van der Waals surface area (Å²) in [5.74, 6) is 0. The van der Waals surface area contributed by atoms with Crippen molar-refractivity contribution in [3.63, 3.8) is 0 Å². The Morgan fingerprint density at radius 3 is 2.54 bits per heavy atom. The van der Waals surface area contributed by atoms with Gasteiger partial charge < -0.3 is 0 Å². The van der Waals surface area contributed by atoms with Crippen LogP contribution in [-0.4, -0.2) is 0 Å². The van der Waals surface area contributed by atoms with Crippen molar-refractivity contribution < 1.29 is 0 Å². The maximum Gasteiger partial charge on any atom is 0.0344 e. The minimum Gasteiger partial charge on any atom is -0.0521 e. The number of fused-ring (bicyclic) bond motifs is 1. The minimum atomic E-state index is 0.963. The maximum absolute atomic E-state index is 3.47. The molecule has 2 aromatic rings. The van der Waals surface area contributed by atoms with Gasteiger partial charge in [0.2, 0.25) is 0 Å². The predicted molar refractivity (Wildman–Crippen MR) is 65.9 cm³/mol. The first kappa shape index (κ1) is 9.69. The van der Waals surface area contributed by atoms with E-state index in [0.29, 0.717) is 0 Å². The van der Waals surface area contributed by atoms with Crippen molar-refractivity contribution >= 4 is 58.6 Å². The Morgan fingerprint density at radius 2 is 1.77 bits per heavy atom. The molecule has 0 amide bonds. The van der Waals surface area contributed by atoms with E-state index in [1.165, 1.54) is 10.8 Å². The molecular weight excluding hydrogens is 360 g/mol. The molecule has 0 heterocycles. The quantitative estimate of drug-likeness (QED) is 0.622. The summed E-state index contributed by atoms with van der Waals surface area (Å²) in [5.41, 5.74) is 0. The molecule has 0 atom stereocenters. The molecule has 0 unspecified atom stereocenters. The van der Waals surface area contributed by atoms with Gasteiger partial charge in [-0.1, -0.05) is 37.9 Å². The van der Waals surface area contributed by atoms with E-state index in [0.717, 1.165) is 13.4 Å². The van der Waals surface area contributed by atoms with E-state index in [2.05, 4.69) is 66.0 Å². The Balaban J connectivity index is 2.86. The van der Waals surface area contributed by atoms with E-state index in [1.54, 1.807) is 0 Å². The van der Waals surface area contributed by atoms with Crippen LogP contribution in [0.3, 0.4) is 0 Å². The van der Waals surface area contributed by atoms with Crippen LogP contribution < -0.4 is 0 Å². The third kappa shape index (κ3) is 1.97. The van der Waals surface area contributed by atoms with E-state index >= 15 is 0 Å². The van der Waals surface area contributed by atoms with Gasteiger partial charge in [0.15, 0.2) is 0 Å². The number of rotatable bonds is 0. The summed E-state index contributed by atoms with van der Waals surface area (Å²) >= 11 is 10.3. The van der Waals surface area contributed by atoms with Crippen LogP contribution in [-0.2, 0) is 0 Å². The third-order valence-electron chi connectivity index (χ3n) is 1.76. The highest BCUT2D eigenvalue weighted by Crippen LogP contribution is 2.29. The molecule has 0 aliphatic heterocycles. The topological polar surface area (TPSA) is 0 Å². The van der Waals surface area contributed by atoms with Crippen LogP contribution in [0.25, 0.3) is 10.8 Å². The van der Waals surface area contributed by atoms with Gasteiger partial charge in [-0.2, -0.15) is 0 Å². The molecule has 0 aliphatic rings. The second-order valence-corrected chi connectivity index (χ2v) is 5.23. The Hall–Kier alpha value is 0.140. The van der Waals surface area contributed by atoms with E-state index < -0.39 is 0 Å². The molecule has 0 saturated heterocycles. The molecule has 0 saturated carbocycles. The summed E-state index contributed by atoms with van der Waals surface area (Å²) in [7, 11) is 0. The summed E-state index contributed by atoms with van der Waals surface area (Å²) in [5, 5.41) is 2.36. The Morgan fingerprint density at radius 1 is 1.00 bits per heavy atom. The lowest BCUT2D eigenvalue weighted by Crippen LogP contribution is -1.76. The van der Waals surface area contributed by atoms with Gasteiger partial charge in [-0.3, -0.25) is 0 Å². The zero-order chi connectivity index (χ0) is 9.42. The largest absolute Gasteiger partial charge is 0.0521 e. The van der Waals surface area contributed by atoms with Crippen molar-refractivity contribution in [1.29, 1.82) is 0 Å². The summed E-state index contributed by atoms with van der Waals surface area (Å²) < 4.78 is 3.04. The average molecular weight is 364 g/mol. The van der Waals surface area contributed by atoms with E-state index in [1.807, 2.05) is 12.1 Å². The lowest BCUT2D eigenvalue weighted by atomic mass is 10.1. The predicted octanol–water partition coefficient (Wildman–Crippen LogP) is 4.93. The van der Waals surface area contributed by atoms with Crippen LogP contribution in [0.1, 0.15) is 0 Å². The van der Waals surface area contributed by atoms with E-state index in [4.69, 9.17) is 0 Å². The van der Waals surface area contributed by atoms with Crippen molar-refractivity contribution in [2.45, 2.75) is 0 Å². The molecule has 0 N–H and O–H groups in total. The molecule has 2 rings (SSSR count). The zero-order valence-electron chi connectivity index (χ0n) is 6.44. The first-order valence-electron chi connectivity index (χ1n) is 3.63. The van der Waals surface area contributed by atoms with Gasteiger partial charge >= 0.3 is 0 Å². The second-order valence-electron chi connectivity index (χ2n) is 2.66. The molecule has 0 nitrogen and oxygen atoms in total. The lowest BCUT2D eigenvalue weighted by Gasteiger charge is -2.01. The van der Waals surface area contributed by atoms with Gasteiger partial charge in [0.25, 0.3) is 0 Å². The van der Waals surface area contributed by atoms with Crippen molar-refractivity contribution in [2.24, 2.45) is 0 Å². The number of benzene rings is 2. The minimum absolute atomic E-state index is 0.963. The van der Waals surface area contributed by atoms with Crippen molar-refractivity contribution in [3.05, 3.63) is 43.7 Å². The molecule has 13 heavy (non-hydrogen) atoms. The monoisotopic (exact) mass is 361 g/mol. The molecule has 0 fully saturated rings. The molecule has 0 aromatic heterocycles. The Kier molecular flexibility index (Phi) is 2.77. The van der Waals surface area contributed by atoms with Crippen molar-refractivity contribution in [2.75, 3.05) is 0 Å². The Labute approximate surface area is 102 Å². The molecule has 1 radical (unpaired) electrons. The fraction of sp³-hybridized carbons (Fsp3) is 0. The maximum atomic E-state index is 3.47. The van der Waals surface area contributed by atoms with Gasteiger partial charge in [0.1, 0.15) is 0 Å². The average Bonchev–Trinajstić information content (AvgIpc) is 2.02. The second kappa shape index (κ2) is 3.71. The van der Waals surface area contributed by atoms with Crippen LogP contribution in [0.15, 0.2) is 37.7 Å². The molecule has 3 heteroatoms. The van der Waals surface area contributed by atoms with Gasteiger partial charge in [-0.25, -0.2) is 0 Å². The molecular formula is C10H4Br3. The molecule has 2 aromatic carbocycles. The summed E-state index contributed by atoms with van der Waals surface area (Å²) in [6, 6.07) is 11.4. The fourth-order valence-corrected chi connectivity index (χ4v) is 2.86. The standard InChI is InChI=1S/C10H4Br3/c11-7-1-2-9-6(3-7)4-8(12)5-10(9)13/h1-4H. The van der Waals surface area contributed by atoms with E-state index in [9.17, 15) is 0 Å². The Bertz CT molecular complexity index is 458. The summed E-state index contributed by atoms with van der Waals surface area (Å²) in [6.07, 6.45) is 0. The van der Waals surface area contributed by atoms with Gasteiger partial charge in [-0.05, 0) is 44.9 Å². The molecule has 0 spiro atoms. The van der Waals surface area contributed by atoms with Crippen molar-refractivity contribution in [3.8, 4) is 0 Å². The van der Waals surface area contributed by atoms with Gasteiger partial charge in [0, 0.05) is 19.5 Å². The molecule has 0 aliphatic carbocycles. The molecule has 65 valence electrons. The van der Waals surface area contributed by atoms with Crippen LogP contribution in [0.5, 0.6) is 0 Å². The van der Waals surface area contributed by atoms with E-state index in [-0.39, 0.29) is 0 Å². The highest BCUT2D eigenvalue weighted by molar-refractivity contribution is 9.11.